The van der Waals surface area contributed by atoms with Gasteiger partial charge in [0, 0.05) is 18.7 Å². The Morgan fingerprint density at radius 3 is 2.82 bits per heavy atom. The molecule has 3 rings (SSSR count). The fourth-order valence-electron chi connectivity index (χ4n) is 3.55. The lowest BCUT2D eigenvalue weighted by molar-refractivity contribution is -0.135. The summed E-state index contributed by atoms with van der Waals surface area (Å²) in [5.74, 6) is 0.0689. The Bertz CT molecular complexity index is 491. The number of amides is 1. The Morgan fingerprint density at radius 1 is 1.23 bits per heavy atom. The standard InChI is InChI=1S/C18H26N2O2/c1-13-16(10-5-11-19-13)20-18(21)15-9-6-12-22-17(15)14-7-3-2-4-8-14/h2-4,7-8,13,15-17,19H,5-6,9-12H2,1H3,(H,20,21). The monoisotopic (exact) mass is 302 g/mol. The van der Waals surface area contributed by atoms with Crippen molar-refractivity contribution in [3.8, 4) is 0 Å². The molecule has 2 fully saturated rings. The molecule has 0 bridgehead atoms. The molecule has 22 heavy (non-hydrogen) atoms. The fraction of sp³-hybridized carbons (Fsp3) is 0.611. The Balaban J connectivity index is 1.69. The van der Waals surface area contributed by atoms with E-state index in [1.165, 1.54) is 0 Å². The summed E-state index contributed by atoms with van der Waals surface area (Å²) < 4.78 is 5.94. The molecular formula is C18H26N2O2. The van der Waals surface area contributed by atoms with Crippen LogP contribution in [0.3, 0.4) is 0 Å². The van der Waals surface area contributed by atoms with Crippen LogP contribution in [0.4, 0.5) is 0 Å². The summed E-state index contributed by atoms with van der Waals surface area (Å²) in [6.07, 6.45) is 3.93. The molecule has 4 nitrogen and oxygen atoms in total. The van der Waals surface area contributed by atoms with Crippen LogP contribution >= 0.6 is 0 Å². The van der Waals surface area contributed by atoms with E-state index in [9.17, 15) is 4.79 Å². The summed E-state index contributed by atoms with van der Waals surface area (Å²) in [5, 5.41) is 6.69. The number of ether oxygens (including phenoxy) is 1. The van der Waals surface area contributed by atoms with E-state index < -0.39 is 0 Å². The van der Waals surface area contributed by atoms with Gasteiger partial charge in [-0.15, -0.1) is 0 Å². The number of carbonyl (C=O) groups excluding carboxylic acids is 1. The van der Waals surface area contributed by atoms with Crippen LogP contribution in [-0.4, -0.2) is 31.1 Å². The molecule has 4 atom stereocenters. The third kappa shape index (κ3) is 3.50. The molecule has 1 amide bonds. The SMILES string of the molecule is CC1NCCCC1NC(=O)C1CCCOC1c1ccccc1. The topological polar surface area (TPSA) is 50.4 Å². The van der Waals surface area contributed by atoms with Gasteiger partial charge in [0.15, 0.2) is 0 Å². The minimum Gasteiger partial charge on any atom is -0.373 e. The number of hydrogen-bond donors (Lipinski definition) is 2. The van der Waals surface area contributed by atoms with Crippen molar-refractivity contribution >= 4 is 5.91 Å². The summed E-state index contributed by atoms with van der Waals surface area (Å²) in [5.41, 5.74) is 1.11. The van der Waals surface area contributed by atoms with E-state index in [2.05, 4.69) is 29.7 Å². The third-order valence-corrected chi connectivity index (χ3v) is 4.88. The van der Waals surface area contributed by atoms with E-state index in [1.54, 1.807) is 0 Å². The van der Waals surface area contributed by atoms with E-state index >= 15 is 0 Å². The predicted octanol–water partition coefficient (Wildman–Crippen LogP) is 2.41. The van der Waals surface area contributed by atoms with Crippen molar-refractivity contribution in [2.24, 2.45) is 5.92 Å². The van der Waals surface area contributed by atoms with Crippen LogP contribution < -0.4 is 10.6 Å². The van der Waals surface area contributed by atoms with Crippen molar-refractivity contribution in [1.82, 2.24) is 10.6 Å². The average Bonchev–Trinajstić information content (AvgIpc) is 2.58. The van der Waals surface area contributed by atoms with Crippen LogP contribution in [0.5, 0.6) is 0 Å². The van der Waals surface area contributed by atoms with Crippen molar-refractivity contribution in [2.45, 2.75) is 50.8 Å². The number of nitrogens with one attached hydrogen (secondary N) is 2. The molecule has 0 spiro atoms. The molecule has 0 radical (unpaired) electrons. The van der Waals surface area contributed by atoms with Crippen molar-refractivity contribution < 1.29 is 9.53 Å². The molecular weight excluding hydrogens is 276 g/mol. The largest absolute Gasteiger partial charge is 0.373 e. The highest BCUT2D eigenvalue weighted by Gasteiger charge is 2.34. The van der Waals surface area contributed by atoms with E-state index in [0.29, 0.717) is 6.04 Å². The second kappa shape index (κ2) is 7.25. The van der Waals surface area contributed by atoms with Gasteiger partial charge >= 0.3 is 0 Å². The molecule has 2 heterocycles. The molecule has 2 N–H and O–H groups in total. The fourth-order valence-corrected chi connectivity index (χ4v) is 3.55. The highest BCUT2D eigenvalue weighted by Crippen LogP contribution is 2.33. The number of carbonyl (C=O) groups is 1. The average molecular weight is 302 g/mol. The van der Waals surface area contributed by atoms with Gasteiger partial charge in [0.25, 0.3) is 0 Å². The first-order valence-electron chi connectivity index (χ1n) is 8.46. The van der Waals surface area contributed by atoms with Gasteiger partial charge in [0.1, 0.15) is 0 Å². The van der Waals surface area contributed by atoms with Crippen molar-refractivity contribution in [1.29, 1.82) is 0 Å². The second-order valence-corrected chi connectivity index (χ2v) is 6.45. The Labute approximate surface area is 132 Å². The Morgan fingerprint density at radius 2 is 2.05 bits per heavy atom. The molecule has 0 aliphatic carbocycles. The maximum atomic E-state index is 12.8. The molecule has 0 aromatic heterocycles. The van der Waals surface area contributed by atoms with Gasteiger partial charge in [0.05, 0.1) is 12.0 Å². The minimum absolute atomic E-state index is 0.0784. The zero-order valence-electron chi connectivity index (χ0n) is 13.3. The first-order chi connectivity index (χ1) is 10.8. The van der Waals surface area contributed by atoms with Crippen molar-refractivity contribution in [3.63, 3.8) is 0 Å². The van der Waals surface area contributed by atoms with Gasteiger partial charge in [0.2, 0.25) is 5.91 Å². The highest BCUT2D eigenvalue weighted by molar-refractivity contribution is 5.80. The van der Waals surface area contributed by atoms with Crippen molar-refractivity contribution in [3.05, 3.63) is 35.9 Å². The van der Waals surface area contributed by atoms with Gasteiger partial charge in [-0.2, -0.15) is 0 Å². The Kier molecular flexibility index (Phi) is 5.11. The molecule has 2 aliphatic heterocycles. The number of piperidine rings is 1. The molecule has 2 saturated heterocycles. The normalized spacial score (nSPS) is 32.4. The van der Waals surface area contributed by atoms with Crippen LogP contribution in [0.1, 0.15) is 44.3 Å². The van der Waals surface area contributed by atoms with Gasteiger partial charge in [-0.3, -0.25) is 4.79 Å². The second-order valence-electron chi connectivity index (χ2n) is 6.45. The van der Waals surface area contributed by atoms with Crippen LogP contribution in [0.15, 0.2) is 30.3 Å². The molecule has 2 aliphatic rings. The number of benzene rings is 1. The zero-order chi connectivity index (χ0) is 15.4. The molecule has 4 unspecified atom stereocenters. The minimum atomic E-state index is -0.109. The van der Waals surface area contributed by atoms with E-state index in [1.807, 2.05) is 18.2 Å². The van der Waals surface area contributed by atoms with Gasteiger partial charge in [-0.05, 0) is 44.7 Å². The summed E-state index contributed by atoms with van der Waals surface area (Å²) in [6.45, 7) is 3.94. The van der Waals surface area contributed by atoms with Crippen LogP contribution in [0.2, 0.25) is 0 Å². The molecule has 1 aromatic rings. The first-order valence-corrected chi connectivity index (χ1v) is 8.46. The van der Waals surface area contributed by atoms with Gasteiger partial charge in [-0.1, -0.05) is 30.3 Å². The molecule has 4 heteroatoms. The maximum Gasteiger partial charge on any atom is 0.226 e. The third-order valence-electron chi connectivity index (χ3n) is 4.88. The van der Waals surface area contributed by atoms with E-state index in [-0.39, 0.29) is 24.0 Å². The van der Waals surface area contributed by atoms with Crippen LogP contribution in [-0.2, 0) is 9.53 Å². The summed E-state index contributed by atoms with van der Waals surface area (Å²) in [7, 11) is 0. The maximum absolute atomic E-state index is 12.8. The summed E-state index contributed by atoms with van der Waals surface area (Å²) in [6, 6.07) is 10.7. The summed E-state index contributed by atoms with van der Waals surface area (Å²) >= 11 is 0. The quantitative estimate of drug-likeness (QED) is 0.901. The van der Waals surface area contributed by atoms with E-state index in [4.69, 9.17) is 4.74 Å². The van der Waals surface area contributed by atoms with Crippen LogP contribution in [0.25, 0.3) is 0 Å². The molecule has 120 valence electrons. The van der Waals surface area contributed by atoms with Crippen molar-refractivity contribution in [2.75, 3.05) is 13.2 Å². The first kappa shape index (κ1) is 15.5. The molecule has 0 saturated carbocycles. The lowest BCUT2D eigenvalue weighted by Gasteiger charge is -2.35. The smallest absolute Gasteiger partial charge is 0.226 e. The van der Waals surface area contributed by atoms with Crippen LogP contribution in [0, 0.1) is 5.92 Å². The number of rotatable bonds is 3. The lowest BCUT2D eigenvalue weighted by atomic mass is 9.88. The number of hydrogen-bond acceptors (Lipinski definition) is 3. The summed E-state index contributed by atoms with van der Waals surface area (Å²) in [4.78, 5) is 12.8. The van der Waals surface area contributed by atoms with Gasteiger partial charge < -0.3 is 15.4 Å². The lowest BCUT2D eigenvalue weighted by Crippen LogP contribution is -2.53. The zero-order valence-corrected chi connectivity index (χ0v) is 13.3. The highest BCUT2D eigenvalue weighted by atomic mass is 16.5. The predicted molar refractivity (Wildman–Crippen MR) is 86.5 cm³/mol. The van der Waals surface area contributed by atoms with Gasteiger partial charge in [-0.25, -0.2) is 0 Å². The molecule has 1 aromatic carbocycles. The van der Waals surface area contributed by atoms with E-state index in [0.717, 1.165) is 44.4 Å². The Hall–Kier alpha value is -1.39.